The fourth-order valence-corrected chi connectivity index (χ4v) is 1.26. The summed E-state index contributed by atoms with van der Waals surface area (Å²) >= 11 is 5.03. The minimum atomic E-state index is 0.521. The van der Waals surface area contributed by atoms with Crippen LogP contribution in [-0.4, -0.2) is 49.2 Å². The van der Waals surface area contributed by atoms with E-state index in [0.29, 0.717) is 6.54 Å². The first-order chi connectivity index (χ1) is 5.33. The van der Waals surface area contributed by atoms with Gasteiger partial charge in [0.2, 0.25) is 0 Å². The Hall–Kier alpha value is -0.0300. The van der Waals surface area contributed by atoms with E-state index in [2.05, 4.69) is 4.90 Å². The molecule has 11 heavy (non-hydrogen) atoms. The van der Waals surface area contributed by atoms with Crippen LogP contribution in [0.5, 0.6) is 0 Å². The summed E-state index contributed by atoms with van der Waals surface area (Å²) in [5.41, 5.74) is 5.39. The Morgan fingerprint density at radius 2 is 2.09 bits per heavy atom. The van der Waals surface area contributed by atoms with Gasteiger partial charge in [-0.1, -0.05) is 12.2 Å². The third kappa shape index (κ3) is 3.25. The van der Waals surface area contributed by atoms with Crippen molar-refractivity contribution in [3.05, 3.63) is 0 Å². The molecule has 1 aliphatic rings. The van der Waals surface area contributed by atoms with Crippen molar-refractivity contribution in [2.45, 2.75) is 0 Å². The zero-order chi connectivity index (χ0) is 8.10. The van der Waals surface area contributed by atoms with Crippen molar-refractivity contribution >= 4 is 17.1 Å². The predicted molar refractivity (Wildman–Crippen MR) is 48.9 cm³/mol. The van der Waals surface area contributed by atoms with Crippen LogP contribution in [0.15, 0.2) is 0 Å². The fourth-order valence-electron chi connectivity index (χ4n) is 1.07. The van der Waals surface area contributed by atoms with Gasteiger partial charge in [-0.05, 0) is 0 Å². The molecule has 64 valence electrons. The summed E-state index contributed by atoms with van der Waals surface area (Å²) < 4.78 is 5.20. The molecule has 1 fully saturated rings. The van der Waals surface area contributed by atoms with Crippen LogP contribution in [0.3, 0.4) is 0 Å². The summed E-state index contributed by atoms with van der Waals surface area (Å²) in [6.45, 7) is 5.00. The maximum atomic E-state index is 5.39. The molecular weight excluding hydrogens is 160 g/mol. The molecule has 0 bridgehead atoms. The number of thiocarbonyl (C=S) groups is 1. The van der Waals surface area contributed by atoms with E-state index in [9.17, 15) is 0 Å². The molecule has 0 saturated carbocycles. The zero-order valence-corrected chi connectivity index (χ0v) is 7.40. The third-order valence-corrected chi connectivity index (χ3v) is 2.03. The largest absolute Gasteiger partial charge is 0.379 e. The molecule has 1 heterocycles. The van der Waals surface area contributed by atoms with Gasteiger partial charge in [0, 0.05) is 31.0 Å². The van der Waals surface area contributed by atoms with E-state index < -0.39 is 0 Å². The molecule has 0 aromatic carbocycles. The van der Waals surface area contributed by atoms with Gasteiger partial charge in [0.1, 0.15) is 0 Å². The first kappa shape index (κ1) is 9.06. The van der Waals surface area contributed by atoms with Crippen molar-refractivity contribution in [2.24, 2.45) is 5.73 Å². The molecule has 1 aliphatic heterocycles. The normalized spacial score (nSPS) is 20.1. The van der Waals surface area contributed by atoms with Crippen LogP contribution in [0, 0.1) is 0 Å². The number of ether oxygens (including phenoxy) is 1. The molecule has 0 amide bonds. The predicted octanol–water partition coefficient (Wildman–Crippen LogP) is -0.353. The van der Waals surface area contributed by atoms with Gasteiger partial charge in [0.15, 0.2) is 0 Å². The fraction of sp³-hybridized carbons (Fsp3) is 0.857. The summed E-state index contributed by atoms with van der Waals surface area (Å²) in [4.78, 5) is 3.21. The van der Waals surface area contributed by atoms with Crippen LogP contribution in [0.1, 0.15) is 0 Å². The lowest BCUT2D eigenvalue weighted by molar-refractivity contribution is 0.0454. The van der Waals surface area contributed by atoms with Crippen molar-refractivity contribution in [2.75, 3.05) is 39.4 Å². The highest BCUT2D eigenvalue weighted by molar-refractivity contribution is 7.80. The van der Waals surface area contributed by atoms with Gasteiger partial charge < -0.3 is 10.5 Å². The van der Waals surface area contributed by atoms with Crippen LogP contribution >= 0.6 is 12.2 Å². The van der Waals surface area contributed by atoms with E-state index in [1.54, 1.807) is 0 Å². The molecule has 0 aromatic heterocycles. The number of nitrogens with two attached hydrogens (primary N) is 1. The number of hydrogen-bond acceptors (Lipinski definition) is 4. The van der Waals surface area contributed by atoms with Crippen LogP contribution in [0.4, 0.5) is 0 Å². The molecule has 0 aromatic rings. The molecule has 4 heteroatoms. The van der Waals surface area contributed by atoms with E-state index in [1.807, 2.05) is 0 Å². The Balaban J connectivity index is 2.19. The van der Waals surface area contributed by atoms with Crippen molar-refractivity contribution in [3.8, 4) is 0 Å². The average molecular weight is 174 g/mol. The molecule has 0 unspecified atom stereocenters. The van der Waals surface area contributed by atoms with Crippen molar-refractivity contribution < 1.29 is 4.74 Å². The Labute approximate surface area is 72.5 Å². The van der Waals surface area contributed by atoms with Gasteiger partial charge >= 0.3 is 0 Å². The number of morpholine rings is 1. The number of hydrogen-bond donors (Lipinski definition) is 1. The van der Waals surface area contributed by atoms with E-state index >= 15 is 0 Å². The first-order valence-corrected chi connectivity index (χ1v) is 4.25. The second-order valence-electron chi connectivity index (χ2n) is 2.63. The molecule has 1 saturated heterocycles. The van der Waals surface area contributed by atoms with E-state index in [-0.39, 0.29) is 0 Å². The van der Waals surface area contributed by atoms with Crippen molar-refractivity contribution in [3.63, 3.8) is 0 Å². The average Bonchev–Trinajstić information content (AvgIpc) is 2.06. The second kappa shape index (κ2) is 4.77. The molecule has 0 radical (unpaired) electrons. The number of nitrogens with zero attached hydrogens (tertiary/aromatic N) is 1. The molecular formula is C7H14N2OS. The van der Waals surface area contributed by atoms with Crippen LogP contribution in [0.2, 0.25) is 0 Å². The van der Waals surface area contributed by atoms with Crippen LogP contribution < -0.4 is 5.73 Å². The zero-order valence-electron chi connectivity index (χ0n) is 6.58. The lowest BCUT2D eigenvalue weighted by atomic mass is 10.3. The standard InChI is InChI=1S/C7H14N2OS/c8-5-7(11)6-9-1-3-10-4-2-9/h1-6,8H2. The Morgan fingerprint density at radius 3 is 2.64 bits per heavy atom. The molecule has 0 aliphatic carbocycles. The van der Waals surface area contributed by atoms with E-state index in [1.165, 1.54) is 0 Å². The lowest BCUT2D eigenvalue weighted by Crippen LogP contribution is -2.40. The maximum Gasteiger partial charge on any atom is 0.0594 e. The lowest BCUT2D eigenvalue weighted by Gasteiger charge is -2.26. The van der Waals surface area contributed by atoms with Crippen molar-refractivity contribution in [1.82, 2.24) is 4.90 Å². The van der Waals surface area contributed by atoms with Gasteiger partial charge in [-0.15, -0.1) is 0 Å². The highest BCUT2D eigenvalue weighted by Gasteiger charge is 2.10. The molecule has 2 N–H and O–H groups in total. The summed E-state index contributed by atoms with van der Waals surface area (Å²) in [7, 11) is 0. The topological polar surface area (TPSA) is 38.5 Å². The van der Waals surface area contributed by atoms with Gasteiger partial charge in [0.05, 0.1) is 13.2 Å². The van der Waals surface area contributed by atoms with Gasteiger partial charge in [-0.25, -0.2) is 0 Å². The van der Waals surface area contributed by atoms with Crippen LogP contribution in [0.25, 0.3) is 0 Å². The summed E-state index contributed by atoms with van der Waals surface area (Å²) in [6.07, 6.45) is 0. The third-order valence-electron chi connectivity index (χ3n) is 1.73. The molecule has 3 nitrogen and oxygen atoms in total. The summed E-state index contributed by atoms with van der Waals surface area (Å²) in [5, 5.41) is 0. The van der Waals surface area contributed by atoms with Crippen LogP contribution in [-0.2, 0) is 4.74 Å². The highest BCUT2D eigenvalue weighted by atomic mass is 32.1. The van der Waals surface area contributed by atoms with Gasteiger partial charge in [-0.3, -0.25) is 4.90 Å². The summed E-state index contributed by atoms with van der Waals surface area (Å²) in [6, 6.07) is 0. The monoisotopic (exact) mass is 174 g/mol. The summed E-state index contributed by atoms with van der Waals surface area (Å²) in [5.74, 6) is 0. The van der Waals surface area contributed by atoms with E-state index in [0.717, 1.165) is 37.7 Å². The minimum Gasteiger partial charge on any atom is -0.379 e. The highest BCUT2D eigenvalue weighted by Crippen LogP contribution is 1.96. The molecule has 1 rings (SSSR count). The SMILES string of the molecule is NCC(=S)CN1CCOCC1. The second-order valence-corrected chi connectivity index (χ2v) is 3.21. The quantitative estimate of drug-likeness (QED) is 0.593. The molecule has 0 atom stereocenters. The Morgan fingerprint density at radius 1 is 1.45 bits per heavy atom. The van der Waals surface area contributed by atoms with E-state index in [4.69, 9.17) is 22.7 Å². The first-order valence-electron chi connectivity index (χ1n) is 3.85. The minimum absolute atomic E-state index is 0.521. The smallest absolute Gasteiger partial charge is 0.0594 e. The molecule has 0 spiro atoms. The Bertz CT molecular complexity index is 134. The van der Waals surface area contributed by atoms with Gasteiger partial charge in [0.25, 0.3) is 0 Å². The Kier molecular flexibility index (Phi) is 3.93. The van der Waals surface area contributed by atoms with Gasteiger partial charge in [-0.2, -0.15) is 0 Å². The van der Waals surface area contributed by atoms with Crippen molar-refractivity contribution in [1.29, 1.82) is 0 Å². The maximum absolute atomic E-state index is 5.39. The number of rotatable bonds is 3.